The van der Waals surface area contributed by atoms with Crippen LogP contribution in [0.25, 0.3) is 10.9 Å². The largest absolute Gasteiger partial charge is 0.399 e. The number of ether oxygens (including phenoxy) is 1. The number of nitrogens with two attached hydrogens (primary N) is 1. The third-order valence-electron chi connectivity index (χ3n) is 3.76. The zero-order valence-corrected chi connectivity index (χ0v) is 11.1. The molecule has 0 radical (unpaired) electrons. The third-order valence-corrected chi connectivity index (χ3v) is 3.76. The van der Waals surface area contributed by atoms with Crippen LogP contribution in [0.5, 0.6) is 0 Å². The Morgan fingerprint density at radius 1 is 1.37 bits per heavy atom. The first kappa shape index (κ1) is 12.2. The number of pyridine rings is 1. The molecule has 100 valence electrons. The molecule has 1 saturated heterocycles. The van der Waals surface area contributed by atoms with Crippen molar-refractivity contribution in [3.63, 3.8) is 0 Å². The van der Waals surface area contributed by atoms with Crippen LogP contribution in [-0.2, 0) is 4.74 Å². The fraction of sp³-hybridized carbons (Fsp3) is 0.400. The van der Waals surface area contributed by atoms with Gasteiger partial charge in [-0.25, -0.2) is 4.98 Å². The molecule has 1 fully saturated rings. The number of benzene rings is 1. The Balaban J connectivity index is 1.79. The van der Waals surface area contributed by atoms with Gasteiger partial charge in [0.25, 0.3) is 0 Å². The molecule has 0 aliphatic carbocycles. The summed E-state index contributed by atoms with van der Waals surface area (Å²) < 4.78 is 5.43. The highest BCUT2D eigenvalue weighted by Crippen LogP contribution is 2.22. The molecule has 1 aromatic carbocycles. The predicted molar refractivity (Wildman–Crippen MR) is 78.2 cm³/mol. The van der Waals surface area contributed by atoms with Crippen molar-refractivity contribution in [3.8, 4) is 0 Å². The van der Waals surface area contributed by atoms with Crippen LogP contribution in [0.15, 0.2) is 30.3 Å². The fourth-order valence-corrected chi connectivity index (χ4v) is 2.52. The fourth-order valence-electron chi connectivity index (χ4n) is 2.52. The maximum absolute atomic E-state index is 5.77. The smallest absolute Gasteiger partial charge is 0.126 e. The van der Waals surface area contributed by atoms with E-state index in [2.05, 4.69) is 23.3 Å². The number of nitrogen functional groups attached to an aromatic ring is 1. The first-order valence-electron chi connectivity index (χ1n) is 6.73. The van der Waals surface area contributed by atoms with Crippen molar-refractivity contribution >= 4 is 22.4 Å². The number of fused-ring (bicyclic) bond motifs is 1. The highest BCUT2D eigenvalue weighted by atomic mass is 16.5. The van der Waals surface area contributed by atoms with Gasteiger partial charge in [-0.3, -0.25) is 0 Å². The molecule has 1 aromatic heterocycles. The van der Waals surface area contributed by atoms with Gasteiger partial charge in [-0.1, -0.05) is 0 Å². The molecule has 1 aliphatic rings. The first-order chi connectivity index (χ1) is 9.22. The summed E-state index contributed by atoms with van der Waals surface area (Å²) >= 11 is 0. The normalized spacial score (nSPS) is 20.6. The monoisotopic (exact) mass is 257 g/mol. The lowest BCUT2D eigenvalue weighted by Gasteiger charge is -2.20. The number of hydrogen-bond acceptors (Lipinski definition) is 4. The molecule has 4 nitrogen and oxygen atoms in total. The number of rotatable bonds is 3. The molecule has 19 heavy (non-hydrogen) atoms. The van der Waals surface area contributed by atoms with Gasteiger partial charge in [-0.2, -0.15) is 0 Å². The Bertz CT molecular complexity index is 579. The van der Waals surface area contributed by atoms with E-state index in [1.807, 2.05) is 24.3 Å². The van der Waals surface area contributed by atoms with Gasteiger partial charge in [0.1, 0.15) is 5.82 Å². The number of hydrogen-bond donors (Lipinski definition) is 2. The zero-order chi connectivity index (χ0) is 13.2. The summed E-state index contributed by atoms with van der Waals surface area (Å²) in [4.78, 5) is 4.62. The molecule has 2 aromatic rings. The number of nitrogens with one attached hydrogen (secondary N) is 1. The van der Waals surface area contributed by atoms with E-state index in [-0.39, 0.29) is 0 Å². The summed E-state index contributed by atoms with van der Waals surface area (Å²) in [6.07, 6.45) is 1.12. The number of anilines is 2. The summed E-state index contributed by atoms with van der Waals surface area (Å²) in [7, 11) is 0. The maximum atomic E-state index is 5.77. The SMILES string of the molecule is CC(Nc1ccc2cc(N)ccc2n1)C1CCOC1. The van der Waals surface area contributed by atoms with Crippen molar-refractivity contribution in [3.05, 3.63) is 30.3 Å². The minimum atomic E-state index is 0.376. The summed E-state index contributed by atoms with van der Waals surface area (Å²) in [6, 6.07) is 10.2. The van der Waals surface area contributed by atoms with E-state index in [1.54, 1.807) is 0 Å². The number of nitrogens with zero attached hydrogens (tertiary/aromatic N) is 1. The first-order valence-corrected chi connectivity index (χ1v) is 6.73. The van der Waals surface area contributed by atoms with E-state index in [0.29, 0.717) is 12.0 Å². The van der Waals surface area contributed by atoms with Crippen molar-refractivity contribution in [1.82, 2.24) is 4.98 Å². The Kier molecular flexibility index (Phi) is 3.25. The molecular formula is C15H19N3O. The van der Waals surface area contributed by atoms with Crippen LogP contribution in [-0.4, -0.2) is 24.2 Å². The molecule has 4 heteroatoms. The lowest BCUT2D eigenvalue weighted by Crippen LogP contribution is -2.26. The van der Waals surface area contributed by atoms with Gasteiger partial charge in [0, 0.05) is 29.6 Å². The van der Waals surface area contributed by atoms with E-state index in [9.17, 15) is 0 Å². The Morgan fingerprint density at radius 2 is 2.26 bits per heavy atom. The van der Waals surface area contributed by atoms with E-state index >= 15 is 0 Å². The van der Waals surface area contributed by atoms with E-state index in [4.69, 9.17) is 10.5 Å². The quantitative estimate of drug-likeness (QED) is 0.830. The molecule has 2 heterocycles. The van der Waals surface area contributed by atoms with Crippen LogP contribution in [0.1, 0.15) is 13.3 Å². The summed E-state index contributed by atoms with van der Waals surface area (Å²) in [6.45, 7) is 3.91. The zero-order valence-electron chi connectivity index (χ0n) is 11.1. The molecule has 0 bridgehead atoms. The lowest BCUT2D eigenvalue weighted by molar-refractivity contribution is 0.183. The third kappa shape index (κ3) is 2.63. The van der Waals surface area contributed by atoms with Gasteiger partial charge in [0.2, 0.25) is 0 Å². The van der Waals surface area contributed by atoms with E-state index < -0.39 is 0 Å². The summed E-state index contributed by atoms with van der Waals surface area (Å²) in [5.74, 6) is 1.49. The van der Waals surface area contributed by atoms with Crippen molar-refractivity contribution < 1.29 is 4.74 Å². The van der Waals surface area contributed by atoms with Crippen LogP contribution in [0, 0.1) is 5.92 Å². The molecule has 1 aliphatic heterocycles. The van der Waals surface area contributed by atoms with Gasteiger partial charge in [-0.15, -0.1) is 0 Å². The van der Waals surface area contributed by atoms with Crippen LogP contribution in [0.2, 0.25) is 0 Å². The van der Waals surface area contributed by atoms with Gasteiger partial charge in [0.15, 0.2) is 0 Å². The Morgan fingerprint density at radius 3 is 3.05 bits per heavy atom. The minimum absolute atomic E-state index is 0.376. The average molecular weight is 257 g/mol. The van der Waals surface area contributed by atoms with Crippen molar-refractivity contribution in [2.75, 3.05) is 24.3 Å². The maximum Gasteiger partial charge on any atom is 0.126 e. The summed E-state index contributed by atoms with van der Waals surface area (Å²) in [5, 5.41) is 4.54. The predicted octanol–water partition coefficient (Wildman–Crippen LogP) is 2.65. The van der Waals surface area contributed by atoms with Gasteiger partial charge in [0.05, 0.1) is 12.1 Å². The van der Waals surface area contributed by atoms with Gasteiger partial charge in [-0.05, 0) is 43.7 Å². The van der Waals surface area contributed by atoms with Crippen molar-refractivity contribution in [2.45, 2.75) is 19.4 Å². The minimum Gasteiger partial charge on any atom is -0.399 e. The highest BCUT2D eigenvalue weighted by molar-refractivity contribution is 5.83. The van der Waals surface area contributed by atoms with Gasteiger partial charge >= 0.3 is 0 Å². The summed E-state index contributed by atoms with van der Waals surface area (Å²) in [5.41, 5.74) is 7.50. The molecule has 0 amide bonds. The molecule has 2 unspecified atom stereocenters. The van der Waals surface area contributed by atoms with Crippen LogP contribution < -0.4 is 11.1 Å². The van der Waals surface area contributed by atoms with Crippen LogP contribution in [0.3, 0.4) is 0 Å². The average Bonchev–Trinajstić information content (AvgIpc) is 2.93. The lowest BCUT2D eigenvalue weighted by atomic mass is 10.0. The Labute approximate surface area is 113 Å². The second-order valence-electron chi connectivity index (χ2n) is 5.21. The number of aromatic nitrogens is 1. The molecular weight excluding hydrogens is 238 g/mol. The molecule has 0 spiro atoms. The standard InChI is InChI=1S/C15H19N3O/c1-10(12-6-7-19-9-12)17-15-5-2-11-8-13(16)3-4-14(11)18-15/h2-5,8,10,12H,6-7,9,16H2,1H3,(H,17,18). The molecule has 3 N–H and O–H groups in total. The van der Waals surface area contributed by atoms with Gasteiger partial charge < -0.3 is 15.8 Å². The molecule has 2 atom stereocenters. The van der Waals surface area contributed by atoms with Crippen LogP contribution >= 0.6 is 0 Å². The van der Waals surface area contributed by atoms with E-state index in [0.717, 1.165) is 42.0 Å². The highest BCUT2D eigenvalue weighted by Gasteiger charge is 2.22. The van der Waals surface area contributed by atoms with Crippen LogP contribution in [0.4, 0.5) is 11.5 Å². The molecule has 3 rings (SSSR count). The van der Waals surface area contributed by atoms with Crippen molar-refractivity contribution in [1.29, 1.82) is 0 Å². The Hall–Kier alpha value is -1.81. The van der Waals surface area contributed by atoms with E-state index in [1.165, 1.54) is 0 Å². The molecule has 0 saturated carbocycles. The van der Waals surface area contributed by atoms with Crippen molar-refractivity contribution in [2.24, 2.45) is 5.92 Å². The second kappa shape index (κ2) is 5.05. The second-order valence-corrected chi connectivity index (χ2v) is 5.21. The topological polar surface area (TPSA) is 60.2 Å².